The van der Waals surface area contributed by atoms with Crippen molar-refractivity contribution in [2.75, 3.05) is 43.6 Å². The minimum atomic E-state index is -0.454. The van der Waals surface area contributed by atoms with Crippen molar-refractivity contribution in [3.63, 3.8) is 0 Å². The van der Waals surface area contributed by atoms with Crippen LogP contribution in [0.25, 0.3) is 0 Å². The summed E-state index contributed by atoms with van der Waals surface area (Å²) in [4.78, 5) is 26.4. The van der Waals surface area contributed by atoms with Crippen LogP contribution in [-0.2, 0) is 20.7 Å². The quantitative estimate of drug-likeness (QED) is 0.538. The first-order valence-electron chi connectivity index (χ1n) is 9.36. The SMILES string of the molecule is COC(=O)c1ccc(N2CCOCC2)c(NC(=S)NC(=O)Cc2ccc(Cl)cc2)c1. The maximum atomic E-state index is 12.3. The van der Waals surface area contributed by atoms with E-state index in [-0.39, 0.29) is 17.4 Å². The Morgan fingerprint density at radius 3 is 2.53 bits per heavy atom. The first-order chi connectivity index (χ1) is 14.5. The monoisotopic (exact) mass is 447 g/mol. The van der Waals surface area contributed by atoms with Gasteiger partial charge < -0.3 is 25.0 Å². The molecule has 0 saturated carbocycles. The fourth-order valence-electron chi connectivity index (χ4n) is 3.07. The number of amides is 1. The van der Waals surface area contributed by atoms with Gasteiger partial charge in [0, 0.05) is 18.1 Å². The van der Waals surface area contributed by atoms with Crippen molar-refractivity contribution >= 4 is 52.2 Å². The zero-order valence-corrected chi connectivity index (χ0v) is 18.0. The average molecular weight is 448 g/mol. The number of thiocarbonyl (C=S) groups is 1. The molecule has 1 saturated heterocycles. The number of nitrogens with zero attached hydrogens (tertiary/aromatic N) is 1. The van der Waals surface area contributed by atoms with Gasteiger partial charge in [0.15, 0.2) is 5.11 Å². The topological polar surface area (TPSA) is 79.9 Å². The number of halogens is 1. The van der Waals surface area contributed by atoms with Crippen LogP contribution in [0.2, 0.25) is 5.02 Å². The summed E-state index contributed by atoms with van der Waals surface area (Å²) in [5.74, 6) is -0.712. The van der Waals surface area contributed by atoms with Crippen LogP contribution in [0, 0.1) is 0 Å². The van der Waals surface area contributed by atoms with Crippen molar-refractivity contribution < 1.29 is 19.1 Å². The Hall–Kier alpha value is -2.68. The second-order valence-corrected chi connectivity index (χ2v) is 7.47. The standard InChI is InChI=1S/C21H22ClN3O4S/c1-28-20(27)15-4-7-18(25-8-10-29-11-9-25)17(13-15)23-21(30)24-19(26)12-14-2-5-16(22)6-3-14/h2-7,13H,8-12H2,1H3,(H2,23,24,26,30). The predicted octanol–water partition coefficient (Wildman–Crippen LogP) is 3.02. The number of carbonyl (C=O) groups is 2. The molecule has 7 nitrogen and oxygen atoms in total. The van der Waals surface area contributed by atoms with Gasteiger partial charge in [0.05, 0.1) is 43.7 Å². The van der Waals surface area contributed by atoms with Crippen LogP contribution >= 0.6 is 23.8 Å². The number of rotatable bonds is 5. The summed E-state index contributed by atoms with van der Waals surface area (Å²) < 4.78 is 10.2. The van der Waals surface area contributed by atoms with Gasteiger partial charge in [0.25, 0.3) is 0 Å². The summed E-state index contributed by atoms with van der Waals surface area (Å²) in [7, 11) is 1.33. The molecule has 1 heterocycles. The summed E-state index contributed by atoms with van der Waals surface area (Å²) in [6, 6.07) is 12.2. The van der Waals surface area contributed by atoms with Crippen LogP contribution in [0.15, 0.2) is 42.5 Å². The van der Waals surface area contributed by atoms with Gasteiger partial charge in [-0.25, -0.2) is 4.79 Å². The fourth-order valence-corrected chi connectivity index (χ4v) is 3.42. The number of methoxy groups -OCH3 is 1. The molecular formula is C21H22ClN3O4S. The molecule has 2 aromatic rings. The van der Waals surface area contributed by atoms with Gasteiger partial charge in [-0.3, -0.25) is 4.79 Å². The highest BCUT2D eigenvalue weighted by Gasteiger charge is 2.18. The zero-order chi connectivity index (χ0) is 21.5. The number of morpholine rings is 1. The summed E-state index contributed by atoms with van der Waals surface area (Å²) in [5, 5.41) is 6.47. The van der Waals surface area contributed by atoms with Crippen molar-refractivity contribution in [3.05, 3.63) is 58.6 Å². The summed E-state index contributed by atoms with van der Waals surface area (Å²) in [6.07, 6.45) is 0.164. The first kappa shape index (κ1) is 22.0. The number of anilines is 2. The molecule has 1 aliphatic heterocycles. The second kappa shape index (κ2) is 10.4. The van der Waals surface area contributed by atoms with Crippen LogP contribution in [0.4, 0.5) is 11.4 Å². The fraction of sp³-hybridized carbons (Fsp3) is 0.286. The lowest BCUT2D eigenvalue weighted by atomic mass is 10.1. The Bertz CT molecular complexity index is 930. The van der Waals surface area contributed by atoms with E-state index < -0.39 is 5.97 Å². The highest BCUT2D eigenvalue weighted by molar-refractivity contribution is 7.80. The Kier molecular flexibility index (Phi) is 7.62. The van der Waals surface area contributed by atoms with E-state index in [4.69, 9.17) is 33.3 Å². The maximum Gasteiger partial charge on any atom is 0.337 e. The Morgan fingerprint density at radius 2 is 1.87 bits per heavy atom. The third kappa shape index (κ3) is 5.91. The highest BCUT2D eigenvalue weighted by Crippen LogP contribution is 2.28. The highest BCUT2D eigenvalue weighted by atomic mass is 35.5. The van der Waals surface area contributed by atoms with E-state index >= 15 is 0 Å². The molecule has 3 rings (SSSR count). The van der Waals surface area contributed by atoms with Crippen molar-refractivity contribution in [1.82, 2.24) is 5.32 Å². The second-order valence-electron chi connectivity index (χ2n) is 6.63. The molecule has 0 spiro atoms. The smallest absolute Gasteiger partial charge is 0.337 e. The number of esters is 1. The van der Waals surface area contributed by atoms with Crippen LogP contribution in [-0.4, -0.2) is 50.4 Å². The number of ether oxygens (including phenoxy) is 2. The largest absolute Gasteiger partial charge is 0.465 e. The number of nitrogens with one attached hydrogen (secondary N) is 2. The Balaban J connectivity index is 1.72. The number of benzene rings is 2. The molecule has 0 aliphatic carbocycles. The summed E-state index contributed by atoms with van der Waals surface area (Å²) in [5.41, 5.74) is 2.67. The number of carbonyl (C=O) groups excluding carboxylic acids is 2. The molecule has 0 radical (unpaired) electrons. The lowest BCUT2D eigenvalue weighted by Gasteiger charge is -2.31. The van der Waals surface area contributed by atoms with E-state index in [1.54, 1.807) is 36.4 Å². The van der Waals surface area contributed by atoms with Crippen molar-refractivity contribution in [2.45, 2.75) is 6.42 Å². The minimum absolute atomic E-state index is 0.144. The molecule has 1 amide bonds. The maximum absolute atomic E-state index is 12.3. The molecule has 1 fully saturated rings. The van der Waals surface area contributed by atoms with E-state index in [0.717, 1.165) is 11.3 Å². The van der Waals surface area contributed by atoms with Crippen molar-refractivity contribution in [3.8, 4) is 0 Å². The predicted molar refractivity (Wildman–Crippen MR) is 120 cm³/mol. The average Bonchev–Trinajstić information content (AvgIpc) is 2.75. The molecule has 2 N–H and O–H groups in total. The van der Waals surface area contributed by atoms with Crippen LogP contribution in [0.1, 0.15) is 15.9 Å². The van der Waals surface area contributed by atoms with Crippen LogP contribution in [0.3, 0.4) is 0 Å². The molecular weight excluding hydrogens is 426 g/mol. The molecule has 158 valence electrons. The molecule has 30 heavy (non-hydrogen) atoms. The lowest BCUT2D eigenvalue weighted by Crippen LogP contribution is -2.38. The van der Waals surface area contributed by atoms with Gasteiger partial charge >= 0.3 is 5.97 Å². The van der Waals surface area contributed by atoms with E-state index in [0.29, 0.717) is 42.6 Å². The van der Waals surface area contributed by atoms with Gasteiger partial charge in [-0.05, 0) is 48.1 Å². The Labute approximate surface area is 185 Å². The molecule has 0 atom stereocenters. The van der Waals surface area contributed by atoms with Gasteiger partial charge in [-0.2, -0.15) is 0 Å². The molecule has 9 heteroatoms. The number of hydrogen-bond acceptors (Lipinski definition) is 6. The molecule has 0 bridgehead atoms. The van der Waals surface area contributed by atoms with Crippen molar-refractivity contribution in [1.29, 1.82) is 0 Å². The van der Waals surface area contributed by atoms with Crippen LogP contribution < -0.4 is 15.5 Å². The number of hydrogen-bond donors (Lipinski definition) is 2. The third-order valence-electron chi connectivity index (χ3n) is 4.55. The van der Waals surface area contributed by atoms with Gasteiger partial charge in [0.1, 0.15) is 0 Å². The summed E-state index contributed by atoms with van der Waals surface area (Å²) in [6.45, 7) is 2.64. The normalized spacial score (nSPS) is 13.5. The van der Waals surface area contributed by atoms with Gasteiger partial charge in [-0.15, -0.1) is 0 Å². The molecule has 0 unspecified atom stereocenters. The van der Waals surface area contributed by atoms with E-state index in [9.17, 15) is 9.59 Å². The minimum Gasteiger partial charge on any atom is -0.465 e. The van der Waals surface area contributed by atoms with E-state index in [1.807, 2.05) is 6.07 Å². The summed E-state index contributed by atoms with van der Waals surface area (Å²) >= 11 is 11.2. The first-order valence-corrected chi connectivity index (χ1v) is 10.1. The third-order valence-corrected chi connectivity index (χ3v) is 5.00. The van der Waals surface area contributed by atoms with Gasteiger partial charge in [0.2, 0.25) is 5.91 Å². The van der Waals surface area contributed by atoms with E-state index in [1.165, 1.54) is 7.11 Å². The lowest BCUT2D eigenvalue weighted by molar-refractivity contribution is -0.119. The van der Waals surface area contributed by atoms with Crippen molar-refractivity contribution in [2.24, 2.45) is 0 Å². The molecule has 2 aromatic carbocycles. The molecule has 0 aromatic heterocycles. The van der Waals surface area contributed by atoms with Gasteiger partial charge in [-0.1, -0.05) is 23.7 Å². The van der Waals surface area contributed by atoms with Crippen LogP contribution in [0.5, 0.6) is 0 Å². The Morgan fingerprint density at radius 1 is 1.17 bits per heavy atom. The zero-order valence-electron chi connectivity index (χ0n) is 16.4. The molecule has 1 aliphatic rings. The van der Waals surface area contributed by atoms with E-state index in [2.05, 4.69) is 15.5 Å².